The molecule has 0 atom stereocenters. The van der Waals surface area contributed by atoms with Crippen molar-refractivity contribution in [2.24, 2.45) is 0 Å². The molecule has 14 heavy (non-hydrogen) atoms. The molecule has 0 aliphatic carbocycles. The number of benzene rings is 1. The van der Waals surface area contributed by atoms with Gasteiger partial charge in [0.05, 0.1) is 4.92 Å². The van der Waals surface area contributed by atoms with Crippen LogP contribution in [0.2, 0.25) is 0 Å². The van der Waals surface area contributed by atoms with Crippen LogP contribution in [0.5, 0.6) is 0 Å². The zero-order valence-corrected chi connectivity index (χ0v) is 10.5. The van der Waals surface area contributed by atoms with Gasteiger partial charge >= 0.3 is 0 Å². The molecular weight excluding hydrogens is 314 g/mol. The lowest BCUT2D eigenvalue weighted by atomic mass is 10.1. The number of rotatable bonds is 4. The average Bonchev–Trinajstić information content (AvgIpc) is 2.15. The molecule has 0 spiro atoms. The standard InChI is InChI=1S/C9H9Br2NO2/c10-5-1-2-7-3-4-8(12(13)14)6-9(7)11/h3-4,6H,1-2,5H2. The largest absolute Gasteiger partial charge is 0.270 e. The molecule has 0 amide bonds. The number of nitrogens with zero attached hydrogens (tertiary/aromatic N) is 1. The van der Waals surface area contributed by atoms with Crippen LogP contribution in [-0.4, -0.2) is 10.3 Å². The maximum Gasteiger partial charge on any atom is 0.270 e. The van der Waals surface area contributed by atoms with Crippen molar-refractivity contribution in [3.63, 3.8) is 0 Å². The first-order valence-corrected chi connectivity index (χ1v) is 6.05. The van der Waals surface area contributed by atoms with Crippen molar-refractivity contribution < 1.29 is 4.92 Å². The van der Waals surface area contributed by atoms with E-state index in [1.54, 1.807) is 12.1 Å². The second-order valence-electron chi connectivity index (χ2n) is 2.83. The molecule has 0 saturated heterocycles. The van der Waals surface area contributed by atoms with Crippen LogP contribution in [0, 0.1) is 10.1 Å². The van der Waals surface area contributed by atoms with Gasteiger partial charge in [0.25, 0.3) is 5.69 Å². The van der Waals surface area contributed by atoms with Crippen molar-refractivity contribution in [2.75, 3.05) is 5.33 Å². The molecule has 0 bridgehead atoms. The summed E-state index contributed by atoms with van der Waals surface area (Å²) in [5.41, 5.74) is 1.23. The molecular formula is C9H9Br2NO2. The normalized spacial score (nSPS) is 10.1. The SMILES string of the molecule is O=[N+]([O-])c1ccc(CCCBr)c(Br)c1. The number of nitro groups is 1. The molecule has 0 aromatic heterocycles. The molecule has 0 heterocycles. The van der Waals surface area contributed by atoms with E-state index in [9.17, 15) is 10.1 Å². The van der Waals surface area contributed by atoms with E-state index in [2.05, 4.69) is 31.9 Å². The summed E-state index contributed by atoms with van der Waals surface area (Å²) in [6, 6.07) is 4.88. The van der Waals surface area contributed by atoms with Crippen molar-refractivity contribution in [2.45, 2.75) is 12.8 Å². The molecule has 1 aromatic carbocycles. The molecule has 1 rings (SSSR count). The summed E-state index contributed by atoms with van der Waals surface area (Å²) in [6.45, 7) is 0. The molecule has 0 unspecified atom stereocenters. The molecule has 0 aliphatic rings. The van der Waals surface area contributed by atoms with Gasteiger partial charge < -0.3 is 0 Å². The van der Waals surface area contributed by atoms with E-state index < -0.39 is 0 Å². The quantitative estimate of drug-likeness (QED) is 0.482. The first kappa shape index (κ1) is 11.7. The van der Waals surface area contributed by atoms with Crippen molar-refractivity contribution in [1.29, 1.82) is 0 Å². The lowest BCUT2D eigenvalue weighted by molar-refractivity contribution is -0.384. The second-order valence-corrected chi connectivity index (χ2v) is 4.47. The van der Waals surface area contributed by atoms with E-state index in [1.807, 2.05) is 0 Å². The molecule has 0 radical (unpaired) electrons. The van der Waals surface area contributed by atoms with Crippen molar-refractivity contribution >= 4 is 37.5 Å². The molecule has 0 fully saturated rings. The van der Waals surface area contributed by atoms with Gasteiger partial charge in [-0.2, -0.15) is 0 Å². The van der Waals surface area contributed by atoms with Gasteiger partial charge in [-0.1, -0.05) is 37.9 Å². The molecule has 76 valence electrons. The minimum Gasteiger partial charge on any atom is -0.258 e. The third-order valence-corrected chi connectivity index (χ3v) is 3.13. The fraction of sp³-hybridized carbons (Fsp3) is 0.333. The summed E-state index contributed by atoms with van der Waals surface area (Å²) < 4.78 is 0.813. The zero-order chi connectivity index (χ0) is 10.6. The predicted octanol–water partition coefficient (Wildman–Crippen LogP) is 3.68. The van der Waals surface area contributed by atoms with Crippen LogP contribution in [0.4, 0.5) is 5.69 Å². The molecule has 0 saturated carbocycles. The Morgan fingerprint density at radius 3 is 2.64 bits per heavy atom. The summed E-state index contributed by atoms with van der Waals surface area (Å²) in [4.78, 5) is 10.1. The highest BCUT2D eigenvalue weighted by atomic mass is 79.9. The van der Waals surface area contributed by atoms with E-state index in [4.69, 9.17) is 0 Å². The molecule has 1 aromatic rings. The highest BCUT2D eigenvalue weighted by molar-refractivity contribution is 9.10. The van der Waals surface area contributed by atoms with E-state index in [0.29, 0.717) is 0 Å². The van der Waals surface area contributed by atoms with Crippen molar-refractivity contribution in [3.8, 4) is 0 Å². The topological polar surface area (TPSA) is 43.1 Å². The summed E-state index contributed by atoms with van der Waals surface area (Å²) in [7, 11) is 0. The number of hydrogen-bond donors (Lipinski definition) is 0. The van der Waals surface area contributed by atoms with Gasteiger partial charge in [0, 0.05) is 21.9 Å². The zero-order valence-electron chi connectivity index (χ0n) is 7.37. The lowest BCUT2D eigenvalue weighted by Crippen LogP contribution is -1.92. The molecule has 0 aliphatic heterocycles. The number of alkyl halides is 1. The fourth-order valence-corrected chi connectivity index (χ4v) is 1.96. The van der Waals surface area contributed by atoms with Crippen molar-refractivity contribution in [3.05, 3.63) is 38.3 Å². The summed E-state index contributed by atoms with van der Waals surface area (Å²) in [6.07, 6.45) is 1.94. The lowest BCUT2D eigenvalue weighted by Gasteiger charge is -2.02. The number of hydrogen-bond acceptors (Lipinski definition) is 2. The first-order chi connectivity index (χ1) is 6.65. The Morgan fingerprint density at radius 1 is 1.43 bits per heavy atom. The van der Waals surface area contributed by atoms with Gasteiger partial charge in [-0.05, 0) is 18.4 Å². The fourth-order valence-electron chi connectivity index (χ4n) is 1.11. The maximum atomic E-state index is 10.5. The van der Waals surface area contributed by atoms with Gasteiger partial charge in [-0.25, -0.2) is 0 Å². The highest BCUT2D eigenvalue weighted by Gasteiger charge is 2.08. The van der Waals surface area contributed by atoms with Crippen LogP contribution in [0.1, 0.15) is 12.0 Å². The Bertz CT molecular complexity index is 342. The van der Waals surface area contributed by atoms with E-state index >= 15 is 0 Å². The van der Waals surface area contributed by atoms with Crippen molar-refractivity contribution in [1.82, 2.24) is 0 Å². The second kappa shape index (κ2) is 5.46. The molecule has 0 N–H and O–H groups in total. The summed E-state index contributed by atoms with van der Waals surface area (Å²) in [5, 5.41) is 11.4. The van der Waals surface area contributed by atoms with Crippen LogP contribution in [0.3, 0.4) is 0 Å². The van der Waals surface area contributed by atoms with Gasteiger partial charge in [-0.3, -0.25) is 10.1 Å². The average molecular weight is 323 g/mol. The van der Waals surface area contributed by atoms with Crippen LogP contribution in [-0.2, 0) is 6.42 Å². The van der Waals surface area contributed by atoms with Crippen LogP contribution >= 0.6 is 31.9 Å². The van der Waals surface area contributed by atoms with Crippen LogP contribution < -0.4 is 0 Å². The minimum atomic E-state index is -0.390. The number of non-ortho nitro benzene ring substituents is 1. The van der Waals surface area contributed by atoms with Crippen LogP contribution in [0.15, 0.2) is 22.7 Å². The van der Waals surface area contributed by atoms with E-state index in [-0.39, 0.29) is 10.6 Å². The molecule has 3 nitrogen and oxygen atoms in total. The maximum absolute atomic E-state index is 10.5. The smallest absolute Gasteiger partial charge is 0.258 e. The first-order valence-electron chi connectivity index (χ1n) is 4.14. The Kier molecular flexibility index (Phi) is 4.54. The predicted molar refractivity (Wildman–Crippen MR) is 62.9 cm³/mol. The minimum absolute atomic E-state index is 0.125. The number of halogens is 2. The summed E-state index contributed by atoms with van der Waals surface area (Å²) in [5.74, 6) is 0. The molecule has 5 heteroatoms. The van der Waals surface area contributed by atoms with E-state index in [0.717, 1.165) is 28.2 Å². The summed E-state index contributed by atoms with van der Waals surface area (Å²) >= 11 is 6.67. The van der Waals surface area contributed by atoms with Gasteiger partial charge in [0.1, 0.15) is 0 Å². The Hall–Kier alpha value is -0.420. The number of nitro benzene ring substituents is 1. The third kappa shape index (κ3) is 3.06. The van der Waals surface area contributed by atoms with E-state index in [1.165, 1.54) is 6.07 Å². The van der Waals surface area contributed by atoms with Gasteiger partial charge in [0.15, 0.2) is 0 Å². The monoisotopic (exact) mass is 321 g/mol. The highest BCUT2D eigenvalue weighted by Crippen LogP contribution is 2.24. The van der Waals surface area contributed by atoms with Gasteiger partial charge in [0.2, 0.25) is 0 Å². The Balaban J connectivity index is 2.84. The van der Waals surface area contributed by atoms with Gasteiger partial charge in [-0.15, -0.1) is 0 Å². The van der Waals surface area contributed by atoms with Crippen LogP contribution in [0.25, 0.3) is 0 Å². The Labute approximate surface area is 98.9 Å². The third-order valence-electron chi connectivity index (χ3n) is 1.83. The Morgan fingerprint density at radius 2 is 2.14 bits per heavy atom. The number of aryl methyl sites for hydroxylation is 1.